The van der Waals surface area contributed by atoms with Gasteiger partial charge < -0.3 is 14.6 Å². The first kappa shape index (κ1) is 49.1. The predicted octanol–water partition coefficient (Wildman–Crippen LogP) is 13.5. The van der Waals surface area contributed by atoms with Crippen molar-refractivity contribution < 1.29 is 24.2 Å². The van der Waals surface area contributed by atoms with E-state index < -0.39 is 6.10 Å². The van der Waals surface area contributed by atoms with Crippen LogP contribution in [-0.2, 0) is 19.1 Å². The predicted molar refractivity (Wildman–Crippen MR) is 223 cm³/mol. The van der Waals surface area contributed by atoms with Crippen LogP contribution in [0.4, 0.5) is 0 Å². The molecule has 0 rings (SSSR count). The standard InChI is InChI=1S/C47H78O5/c1-3-5-7-9-11-13-15-17-19-21-23-25-27-29-31-33-35-37-39-41-46(49)51-44-45(43-48)52-47(50)42-40-38-36-34-32-30-28-26-24-22-20-18-16-14-12-10-8-6-4-2/h11-14,17-20,23-26,30,32,45,48H,3-10,15-16,21-22,27-29,31,33-44H2,1-2H3/b13-11-,14-12-,19-17-,20-18-,25-23-,26-24-,32-30-/t45-/m0/s1. The molecule has 0 saturated carbocycles. The van der Waals surface area contributed by atoms with Crippen LogP contribution < -0.4 is 0 Å². The maximum absolute atomic E-state index is 12.2. The van der Waals surface area contributed by atoms with Crippen molar-refractivity contribution in [3.63, 3.8) is 0 Å². The van der Waals surface area contributed by atoms with Crippen LogP contribution >= 0.6 is 0 Å². The average Bonchev–Trinajstić information content (AvgIpc) is 3.15. The number of allylic oxidation sites excluding steroid dienone is 14. The molecule has 5 heteroatoms. The van der Waals surface area contributed by atoms with Gasteiger partial charge in [0, 0.05) is 12.8 Å². The molecule has 296 valence electrons. The molecule has 0 aromatic heterocycles. The number of aliphatic hydroxyl groups is 1. The van der Waals surface area contributed by atoms with Crippen molar-refractivity contribution in [2.24, 2.45) is 0 Å². The van der Waals surface area contributed by atoms with Gasteiger partial charge in [0.05, 0.1) is 6.61 Å². The van der Waals surface area contributed by atoms with Gasteiger partial charge in [-0.25, -0.2) is 0 Å². The first-order valence-corrected chi connectivity index (χ1v) is 21.1. The highest BCUT2D eigenvalue weighted by Gasteiger charge is 2.16. The highest BCUT2D eigenvalue weighted by molar-refractivity contribution is 5.70. The number of rotatable bonds is 37. The Labute approximate surface area is 320 Å². The fourth-order valence-electron chi connectivity index (χ4n) is 5.42. The van der Waals surface area contributed by atoms with Gasteiger partial charge in [0.15, 0.2) is 6.10 Å². The number of aliphatic hydroxyl groups excluding tert-OH is 1. The number of ether oxygens (including phenoxy) is 2. The molecule has 0 aliphatic heterocycles. The lowest BCUT2D eigenvalue weighted by Gasteiger charge is -2.15. The van der Waals surface area contributed by atoms with Crippen LogP contribution in [0.25, 0.3) is 0 Å². The highest BCUT2D eigenvalue weighted by Crippen LogP contribution is 2.11. The molecular formula is C47H78O5. The van der Waals surface area contributed by atoms with Crippen LogP contribution in [-0.4, -0.2) is 36.4 Å². The summed E-state index contributed by atoms with van der Waals surface area (Å²) >= 11 is 0. The van der Waals surface area contributed by atoms with Gasteiger partial charge in [0.25, 0.3) is 0 Å². The van der Waals surface area contributed by atoms with Crippen molar-refractivity contribution in [1.29, 1.82) is 0 Å². The Morgan fingerprint density at radius 3 is 1.17 bits per heavy atom. The second kappa shape index (κ2) is 42.5. The SMILES string of the molecule is CCCCC/C=C\C/C=C\C/C=C\C/C=C\CCCCCC(=O)O[C@@H](CO)COC(=O)CCCCCCCC/C=C\C/C=C\C/C=C\CCCCC. The molecule has 0 aliphatic carbocycles. The molecule has 5 nitrogen and oxygen atoms in total. The summed E-state index contributed by atoms with van der Waals surface area (Å²) in [7, 11) is 0. The Balaban J connectivity index is 3.67. The van der Waals surface area contributed by atoms with Crippen LogP contribution in [0, 0.1) is 0 Å². The van der Waals surface area contributed by atoms with Gasteiger partial charge >= 0.3 is 11.9 Å². The lowest BCUT2D eigenvalue weighted by Crippen LogP contribution is -2.28. The first-order valence-electron chi connectivity index (χ1n) is 21.1. The summed E-state index contributed by atoms with van der Waals surface area (Å²) in [5.41, 5.74) is 0. The van der Waals surface area contributed by atoms with Crippen molar-refractivity contribution >= 4 is 11.9 Å². The van der Waals surface area contributed by atoms with E-state index in [1.54, 1.807) is 0 Å². The molecule has 52 heavy (non-hydrogen) atoms. The molecule has 0 aromatic rings. The smallest absolute Gasteiger partial charge is 0.306 e. The summed E-state index contributed by atoms with van der Waals surface area (Å²) in [6.45, 7) is 4.03. The van der Waals surface area contributed by atoms with E-state index in [1.807, 2.05) is 0 Å². The first-order chi connectivity index (χ1) is 25.6. The molecule has 0 saturated heterocycles. The highest BCUT2D eigenvalue weighted by atomic mass is 16.6. The monoisotopic (exact) mass is 723 g/mol. The maximum atomic E-state index is 12.2. The molecule has 0 amide bonds. The van der Waals surface area contributed by atoms with Gasteiger partial charge in [-0.15, -0.1) is 0 Å². The van der Waals surface area contributed by atoms with Gasteiger partial charge in [0.1, 0.15) is 6.61 Å². The number of unbranched alkanes of at least 4 members (excludes halogenated alkanes) is 15. The Hall–Kier alpha value is -2.92. The van der Waals surface area contributed by atoms with E-state index in [-0.39, 0.29) is 25.2 Å². The van der Waals surface area contributed by atoms with Crippen molar-refractivity contribution in [2.75, 3.05) is 13.2 Å². The zero-order valence-electron chi connectivity index (χ0n) is 33.5. The fraction of sp³-hybridized carbons (Fsp3) is 0.660. The molecule has 0 fully saturated rings. The Morgan fingerprint density at radius 2 is 0.769 bits per heavy atom. The second-order valence-electron chi connectivity index (χ2n) is 13.7. The topological polar surface area (TPSA) is 72.8 Å². The summed E-state index contributed by atoms with van der Waals surface area (Å²) in [6.07, 6.45) is 57.8. The van der Waals surface area contributed by atoms with Crippen LogP contribution in [0.2, 0.25) is 0 Å². The zero-order chi connectivity index (χ0) is 37.8. The van der Waals surface area contributed by atoms with Crippen molar-refractivity contribution in [3.8, 4) is 0 Å². The number of esters is 2. The largest absolute Gasteiger partial charge is 0.462 e. The summed E-state index contributed by atoms with van der Waals surface area (Å²) in [4.78, 5) is 24.3. The summed E-state index contributed by atoms with van der Waals surface area (Å²) < 4.78 is 10.6. The lowest BCUT2D eigenvalue weighted by molar-refractivity contribution is -0.161. The Morgan fingerprint density at radius 1 is 0.442 bits per heavy atom. The summed E-state index contributed by atoms with van der Waals surface area (Å²) in [5, 5.41) is 9.57. The van der Waals surface area contributed by atoms with E-state index in [2.05, 4.69) is 98.9 Å². The molecule has 1 atom stereocenters. The molecule has 0 radical (unpaired) electrons. The minimum absolute atomic E-state index is 0.0907. The van der Waals surface area contributed by atoms with E-state index in [4.69, 9.17) is 9.47 Å². The van der Waals surface area contributed by atoms with E-state index in [0.717, 1.165) is 83.5 Å². The van der Waals surface area contributed by atoms with Crippen LogP contribution in [0.15, 0.2) is 85.1 Å². The maximum Gasteiger partial charge on any atom is 0.306 e. The quantitative estimate of drug-likeness (QED) is 0.0393. The third-order valence-corrected chi connectivity index (χ3v) is 8.66. The minimum Gasteiger partial charge on any atom is -0.462 e. The average molecular weight is 723 g/mol. The molecular weight excluding hydrogens is 645 g/mol. The summed E-state index contributed by atoms with van der Waals surface area (Å²) in [6, 6.07) is 0. The van der Waals surface area contributed by atoms with Gasteiger partial charge in [-0.3, -0.25) is 9.59 Å². The van der Waals surface area contributed by atoms with Gasteiger partial charge in [0.2, 0.25) is 0 Å². The molecule has 1 N–H and O–H groups in total. The van der Waals surface area contributed by atoms with Crippen molar-refractivity contribution in [3.05, 3.63) is 85.1 Å². The molecule has 0 heterocycles. The Kier molecular flexibility index (Phi) is 40.1. The van der Waals surface area contributed by atoms with Crippen molar-refractivity contribution in [2.45, 2.75) is 187 Å². The van der Waals surface area contributed by atoms with Gasteiger partial charge in [-0.05, 0) is 96.3 Å². The van der Waals surface area contributed by atoms with Crippen LogP contribution in [0.3, 0.4) is 0 Å². The summed E-state index contributed by atoms with van der Waals surface area (Å²) in [5.74, 6) is -0.648. The van der Waals surface area contributed by atoms with Crippen LogP contribution in [0.1, 0.15) is 181 Å². The molecule has 0 unspecified atom stereocenters. The number of carbonyl (C=O) groups is 2. The molecule has 0 spiro atoms. The number of hydrogen-bond donors (Lipinski definition) is 1. The normalized spacial score (nSPS) is 13.1. The van der Waals surface area contributed by atoms with E-state index in [0.29, 0.717) is 12.8 Å². The lowest BCUT2D eigenvalue weighted by atomic mass is 10.1. The van der Waals surface area contributed by atoms with E-state index in [1.165, 1.54) is 70.6 Å². The number of carbonyl (C=O) groups excluding carboxylic acids is 2. The van der Waals surface area contributed by atoms with E-state index >= 15 is 0 Å². The minimum atomic E-state index is -0.799. The molecule has 0 bridgehead atoms. The number of hydrogen-bond acceptors (Lipinski definition) is 5. The van der Waals surface area contributed by atoms with Crippen LogP contribution in [0.5, 0.6) is 0 Å². The second-order valence-corrected chi connectivity index (χ2v) is 13.7. The van der Waals surface area contributed by atoms with Crippen molar-refractivity contribution in [1.82, 2.24) is 0 Å². The van der Waals surface area contributed by atoms with E-state index in [9.17, 15) is 14.7 Å². The van der Waals surface area contributed by atoms with Gasteiger partial charge in [-0.1, -0.05) is 157 Å². The third kappa shape index (κ3) is 39.9. The fourth-order valence-corrected chi connectivity index (χ4v) is 5.42. The van der Waals surface area contributed by atoms with Gasteiger partial charge in [-0.2, -0.15) is 0 Å². The Bertz CT molecular complexity index is 999. The zero-order valence-corrected chi connectivity index (χ0v) is 33.5. The molecule has 0 aliphatic rings. The third-order valence-electron chi connectivity index (χ3n) is 8.66. The molecule has 0 aromatic carbocycles.